The minimum atomic E-state index is -0.406. The summed E-state index contributed by atoms with van der Waals surface area (Å²) in [5.41, 5.74) is -0.406. The van der Waals surface area contributed by atoms with Crippen molar-refractivity contribution in [2.75, 3.05) is 32.8 Å². The summed E-state index contributed by atoms with van der Waals surface area (Å²) in [5, 5.41) is 3.61. The van der Waals surface area contributed by atoms with E-state index in [4.69, 9.17) is 9.47 Å². The summed E-state index contributed by atoms with van der Waals surface area (Å²) >= 11 is 0. The Morgan fingerprint density at radius 2 is 2.00 bits per heavy atom. The van der Waals surface area contributed by atoms with Gasteiger partial charge in [0.2, 0.25) is 0 Å². The Morgan fingerprint density at radius 1 is 1.29 bits per heavy atom. The topological polar surface area (TPSA) is 50.8 Å². The third-order valence-electron chi connectivity index (χ3n) is 4.12. The van der Waals surface area contributed by atoms with E-state index < -0.39 is 5.60 Å². The van der Waals surface area contributed by atoms with Gasteiger partial charge in [-0.1, -0.05) is 0 Å². The highest BCUT2D eigenvalue weighted by Crippen LogP contribution is 2.19. The maximum atomic E-state index is 12.0. The largest absolute Gasteiger partial charge is 0.444 e. The molecule has 5 heteroatoms. The lowest BCUT2D eigenvalue weighted by molar-refractivity contribution is 0.0179. The fraction of sp³-hybridized carbons (Fsp3) is 0.938. The lowest BCUT2D eigenvalue weighted by atomic mass is 9.96. The van der Waals surface area contributed by atoms with E-state index >= 15 is 0 Å². The summed E-state index contributed by atoms with van der Waals surface area (Å²) in [5.74, 6) is 0.658. The molecular weight excluding hydrogens is 268 g/mol. The molecular formula is C16H30N2O3. The molecule has 2 aliphatic heterocycles. The average Bonchev–Trinajstić information content (AvgIpc) is 2.45. The van der Waals surface area contributed by atoms with Crippen LogP contribution >= 0.6 is 0 Å². The first-order chi connectivity index (χ1) is 9.94. The zero-order chi connectivity index (χ0) is 15.3. The molecule has 21 heavy (non-hydrogen) atoms. The summed E-state index contributed by atoms with van der Waals surface area (Å²) < 4.78 is 10.9. The first kappa shape index (κ1) is 16.6. The zero-order valence-electron chi connectivity index (χ0n) is 13.7. The molecule has 0 aromatic heterocycles. The molecule has 2 aliphatic rings. The summed E-state index contributed by atoms with van der Waals surface area (Å²) in [6.45, 7) is 10.1. The Morgan fingerprint density at radius 3 is 2.57 bits per heavy atom. The first-order valence-corrected chi connectivity index (χ1v) is 8.23. The minimum Gasteiger partial charge on any atom is -0.444 e. The van der Waals surface area contributed by atoms with Crippen LogP contribution in [0.25, 0.3) is 0 Å². The highest BCUT2D eigenvalue weighted by molar-refractivity contribution is 5.68. The van der Waals surface area contributed by atoms with Gasteiger partial charge in [0.05, 0.1) is 6.61 Å². The zero-order valence-corrected chi connectivity index (χ0v) is 13.7. The summed E-state index contributed by atoms with van der Waals surface area (Å²) in [6, 6.07) is 0.516. The molecule has 2 saturated heterocycles. The predicted octanol–water partition coefficient (Wildman–Crippen LogP) is 2.40. The molecule has 1 N–H and O–H groups in total. The van der Waals surface area contributed by atoms with E-state index in [1.54, 1.807) is 0 Å². The van der Waals surface area contributed by atoms with E-state index in [1.807, 2.05) is 25.7 Å². The Labute approximate surface area is 128 Å². The smallest absolute Gasteiger partial charge is 0.410 e. The van der Waals surface area contributed by atoms with Crippen LogP contribution in [-0.2, 0) is 9.47 Å². The molecule has 0 saturated carbocycles. The van der Waals surface area contributed by atoms with Crippen LogP contribution in [0, 0.1) is 5.92 Å². The molecule has 0 aromatic carbocycles. The van der Waals surface area contributed by atoms with Crippen molar-refractivity contribution in [3.8, 4) is 0 Å². The molecule has 2 fully saturated rings. The highest BCUT2D eigenvalue weighted by Gasteiger charge is 2.27. The summed E-state index contributed by atoms with van der Waals surface area (Å²) in [6.07, 6.45) is 4.32. The number of amides is 1. The van der Waals surface area contributed by atoms with Gasteiger partial charge in [0.1, 0.15) is 5.60 Å². The number of nitrogens with zero attached hydrogens (tertiary/aromatic N) is 1. The average molecular weight is 298 g/mol. The molecule has 0 aliphatic carbocycles. The van der Waals surface area contributed by atoms with Crippen molar-refractivity contribution in [2.45, 2.75) is 58.1 Å². The molecule has 5 nitrogen and oxygen atoms in total. The molecule has 2 heterocycles. The number of hydrogen-bond acceptors (Lipinski definition) is 4. The van der Waals surface area contributed by atoms with Crippen molar-refractivity contribution in [3.63, 3.8) is 0 Å². The summed E-state index contributed by atoms with van der Waals surface area (Å²) in [4.78, 5) is 13.8. The molecule has 1 atom stereocenters. The molecule has 2 rings (SSSR count). The Kier molecular flexibility index (Phi) is 5.88. The van der Waals surface area contributed by atoms with Gasteiger partial charge in [0.15, 0.2) is 0 Å². The van der Waals surface area contributed by atoms with Gasteiger partial charge in [-0.15, -0.1) is 0 Å². The van der Waals surface area contributed by atoms with Gasteiger partial charge in [-0.25, -0.2) is 4.79 Å². The quantitative estimate of drug-likeness (QED) is 0.869. The lowest BCUT2D eigenvalue weighted by Crippen LogP contribution is -2.45. The van der Waals surface area contributed by atoms with E-state index in [2.05, 4.69) is 5.32 Å². The molecule has 0 radical (unpaired) electrons. The highest BCUT2D eigenvalue weighted by atomic mass is 16.6. The molecule has 0 bridgehead atoms. The van der Waals surface area contributed by atoms with Crippen molar-refractivity contribution in [1.82, 2.24) is 10.2 Å². The van der Waals surface area contributed by atoms with Gasteiger partial charge in [-0.2, -0.15) is 0 Å². The van der Waals surface area contributed by atoms with Crippen LogP contribution in [-0.4, -0.2) is 55.5 Å². The Bertz CT molecular complexity index is 327. The van der Waals surface area contributed by atoms with Gasteiger partial charge < -0.3 is 19.7 Å². The van der Waals surface area contributed by atoms with Crippen molar-refractivity contribution in [2.24, 2.45) is 5.92 Å². The van der Waals surface area contributed by atoms with Crippen LogP contribution in [0.15, 0.2) is 0 Å². The number of piperidine rings is 1. The van der Waals surface area contributed by atoms with Gasteiger partial charge in [-0.3, -0.25) is 0 Å². The first-order valence-electron chi connectivity index (χ1n) is 8.23. The van der Waals surface area contributed by atoms with Crippen LogP contribution < -0.4 is 5.32 Å². The van der Waals surface area contributed by atoms with Crippen LogP contribution in [0.4, 0.5) is 4.79 Å². The van der Waals surface area contributed by atoms with Crippen molar-refractivity contribution < 1.29 is 14.3 Å². The van der Waals surface area contributed by atoms with Crippen molar-refractivity contribution in [1.29, 1.82) is 0 Å². The van der Waals surface area contributed by atoms with E-state index in [9.17, 15) is 4.79 Å². The third-order valence-corrected chi connectivity index (χ3v) is 4.12. The van der Waals surface area contributed by atoms with Gasteiger partial charge >= 0.3 is 6.09 Å². The fourth-order valence-electron chi connectivity index (χ4n) is 2.88. The maximum absolute atomic E-state index is 12.0. The maximum Gasteiger partial charge on any atom is 0.410 e. The SMILES string of the molecule is CC(C)(C)OC(=O)N1CCC(CNC2CCCOC2)CC1. The van der Waals surface area contributed by atoms with Crippen LogP contribution in [0.1, 0.15) is 46.5 Å². The number of hydrogen-bond donors (Lipinski definition) is 1. The summed E-state index contributed by atoms with van der Waals surface area (Å²) in [7, 11) is 0. The number of nitrogens with one attached hydrogen (secondary N) is 1. The number of carbonyl (C=O) groups excluding carboxylic acids is 1. The lowest BCUT2D eigenvalue weighted by Gasteiger charge is -2.34. The van der Waals surface area contributed by atoms with E-state index in [1.165, 1.54) is 6.42 Å². The van der Waals surface area contributed by atoms with Gasteiger partial charge in [0, 0.05) is 25.7 Å². The fourth-order valence-corrected chi connectivity index (χ4v) is 2.88. The van der Waals surface area contributed by atoms with Crippen LogP contribution in [0.3, 0.4) is 0 Å². The van der Waals surface area contributed by atoms with E-state index in [-0.39, 0.29) is 6.09 Å². The Balaban J connectivity index is 1.64. The second-order valence-electron chi connectivity index (χ2n) is 7.23. The Hall–Kier alpha value is -0.810. The van der Waals surface area contributed by atoms with Gasteiger partial charge in [0.25, 0.3) is 0 Å². The predicted molar refractivity (Wildman–Crippen MR) is 82.4 cm³/mol. The van der Waals surface area contributed by atoms with Crippen LogP contribution in [0.2, 0.25) is 0 Å². The van der Waals surface area contributed by atoms with E-state index in [0.717, 1.165) is 52.1 Å². The molecule has 122 valence electrons. The molecule has 0 spiro atoms. The number of ether oxygens (including phenoxy) is 2. The minimum absolute atomic E-state index is 0.172. The second-order valence-corrected chi connectivity index (χ2v) is 7.23. The molecule has 1 amide bonds. The molecule has 1 unspecified atom stereocenters. The molecule has 0 aromatic rings. The van der Waals surface area contributed by atoms with Crippen molar-refractivity contribution >= 4 is 6.09 Å². The van der Waals surface area contributed by atoms with E-state index in [0.29, 0.717) is 12.0 Å². The number of likely N-dealkylation sites (tertiary alicyclic amines) is 1. The van der Waals surface area contributed by atoms with Gasteiger partial charge in [-0.05, 0) is 58.9 Å². The standard InChI is InChI=1S/C16H30N2O3/c1-16(2,3)21-15(19)18-8-6-13(7-9-18)11-17-14-5-4-10-20-12-14/h13-14,17H,4-12H2,1-3H3. The van der Waals surface area contributed by atoms with Crippen LogP contribution in [0.5, 0.6) is 0 Å². The third kappa shape index (κ3) is 5.83. The normalized spacial score (nSPS) is 24.9. The van der Waals surface area contributed by atoms with Crippen molar-refractivity contribution in [3.05, 3.63) is 0 Å². The monoisotopic (exact) mass is 298 g/mol. The number of rotatable bonds is 3. The second kappa shape index (κ2) is 7.45. The number of carbonyl (C=O) groups is 1.